The Bertz CT molecular complexity index is 566. The van der Waals surface area contributed by atoms with Gasteiger partial charge >= 0.3 is 0 Å². The third-order valence-electron chi connectivity index (χ3n) is 2.51. The van der Waals surface area contributed by atoms with Gasteiger partial charge < -0.3 is 10.3 Å². The van der Waals surface area contributed by atoms with Crippen molar-refractivity contribution >= 4 is 33.4 Å². The largest absolute Gasteiger partial charge is 0.397 e. The lowest BCUT2D eigenvalue weighted by Gasteiger charge is -2.07. The van der Waals surface area contributed by atoms with Crippen molar-refractivity contribution in [1.82, 2.24) is 19.7 Å². The van der Waals surface area contributed by atoms with Gasteiger partial charge in [-0.2, -0.15) is 0 Å². The molecule has 0 bridgehead atoms. The Balaban J connectivity index is 2.37. The Morgan fingerprint density at radius 2 is 2.06 bits per heavy atom. The first-order valence-electron chi connectivity index (χ1n) is 4.95. The number of nitrogen functional groups attached to an aromatic ring is 1. The summed E-state index contributed by atoms with van der Waals surface area (Å²) in [5.41, 5.74) is 7.45. The molecular weight excluding hydrogens is 302 g/mol. The summed E-state index contributed by atoms with van der Waals surface area (Å²) in [6.45, 7) is 3.86. The van der Waals surface area contributed by atoms with Crippen molar-refractivity contribution in [2.45, 2.75) is 24.0 Å². The summed E-state index contributed by atoms with van der Waals surface area (Å²) in [4.78, 5) is 4.29. The Morgan fingerprint density at radius 3 is 2.65 bits per heavy atom. The molecule has 0 atom stereocenters. The summed E-state index contributed by atoms with van der Waals surface area (Å²) >= 11 is 4.96. The molecule has 0 saturated heterocycles. The van der Waals surface area contributed by atoms with E-state index in [0.717, 1.165) is 26.0 Å². The minimum Gasteiger partial charge on any atom is -0.397 e. The van der Waals surface area contributed by atoms with Crippen LogP contribution in [-0.2, 0) is 7.05 Å². The quantitative estimate of drug-likeness (QED) is 0.921. The van der Waals surface area contributed by atoms with Crippen molar-refractivity contribution in [2.24, 2.45) is 7.05 Å². The van der Waals surface area contributed by atoms with Gasteiger partial charge in [0.05, 0.1) is 16.4 Å². The Hall–Kier alpha value is -1.08. The second-order valence-electron chi connectivity index (χ2n) is 3.65. The second-order valence-corrected chi connectivity index (χ2v) is 5.40. The highest BCUT2D eigenvalue weighted by atomic mass is 79.9. The summed E-state index contributed by atoms with van der Waals surface area (Å²) in [6.07, 6.45) is 1.66. The van der Waals surface area contributed by atoms with Crippen molar-refractivity contribution < 1.29 is 0 Å². The maximum Gasteiger partial charge on any atom is 0.197 e. The number of nitrogens with zero attached hydrogens (tertiary/aromatic N) is 4. The molecule has 0 unspecified atom stereocenters. The number of aryl methyl sites for hydroxylation is 1. The van der Waals surface area contributed by atoms with Crippen LogP contribution in [0.2, 0.25) is 0 Å². The molecule has 0 amide bonds. The van der Waals surface area contributed by atoms with E-state index in [-0.39, 0.29) is 0 Å². The lowest BCUT2D eigenvalue weighted by molar-refractivity contribution is 0.764. The van der Waals surface area contributed by atoms with Crippen molar-refractivity contribution in [3.05, 3.63) is 22.1 Å². The SMILES string of the molecule is Cc1c(N)cnc(Sc2nnc(C)n2C)c1Br. The van der Waals surface area contributed by atoms with E-state index in [9.17, 15) is 0 Å². The first-order chi connectivity index (χ1) is 8.00. The maximum atomic E-state index is 5.78. The van der Waals surface area contributed by atoms with Gasteiger partial charge in [-0.3, -0.25) is 0 Å². The zero-order valence-corrected chi connectivity index (χ0v) is 12.1. The molecule has 17 heavy (non-hydrogen) atoms. The summed E-state index contributed by atoms with van der Waals surface area (Å²) in [5, 5.41) is 9.74. The number of rotatable bonds is 2. The molecule has 0 aliphatic carbocycles. The molecule has 0 spiro atoms. The molecular formula is C10H12BrN5S. The predicted octanol–water partition coefficient (Wildman–Crippen LogP) is 2.32. The van der Waals surface area contributed by atoms with Gasteiger partial charge in [-0.25, -0.2) is 4.98 Å². The van der Waals surface area contributed by atoms with Gasteiger partial charge in [-0.05, 0) is 47.1 Å². The zero-order valence-electron chi connectivity index (χ0n) is 9.73. The van der Waals surface area contributed by atoms with Crippen LogP contribution in [-0.4, -0.2) is 19.7 Å². The maximum absolute atomic E-state index is 5.78. The summed E-state index contributed by atoms with van der Waals surface area (Å²) in [7, 11) is 1.93. The summed E-state index contributed by atoms with van der Waals surface area (Å²) in [5.74, 6) is 0.871. The van der Waals surface area contributed by atoms with Crippen LogP contribution in [0.1, 0.15) is 11.4 Å². The zero-order chi connectivity index (χ0) is 12.6. The van der Waals surface area contributed by atoms with E-state index in [1.54, 1.807) is 6.20 Å². The molecule has 5 nitrogen and oxygen atoms in total. The van der Waals surface area contributed by atoms with Gasteiger partial charge in [0.15, 0.2) is 5.16 Å². The molecule has 0 saturated carbocycles. The van der Waals surface area contributed by atoms with Crippen LogP contribution in [0.4, 0.5) is 5.69 Å². The second kappa shape index (κ2) is 4.66. The Labute approximate surface area is 112 Å². The van der Waals surface area contributed by atoms with Crippen LogP contribution in [0.15, 0.2) is 20.9 Å². The molecule has 2 rings (SSSR count). The fourth-order valence-corrected chi connectivity index (χ4v) is 2.65. The van der Waals surface area contributed by atoms with E-state index in [0.29, 0.717) is 5.69 Å². The first kappa shape index (κ1) is 12.4. The predicted molar refractivity (Wildman–Crippen MR) is 70.9 cm³/mol. The monoisotopic (exact) mass is 313 g/mol. The normalized spacial score (nSPS) is 10.8. The smallest absolute Gasteiger partial charge is 0.197 e. The molecule has 0 aliphatic rings. The topological polar surface area (TPSA) is 69.6 Å². The number of halogens is 1. The lowest BCUT2D eigenvalue weighted by atomic mass is 10.3. The molecule has 2 aromatic rings. The van der Waals surface area contributed by atoms with E-state index in [1.807, 2.05) is 25.5 Å². The number of hydrogen-bond acceptors (Lipinski definition) is 5. The number of hydrogen-bond donors (Lipinski definition) is 1. The highest BCUT2D eigenvalue weighted by Crippen LogP contribution is 2.34. The molecule has 2 N–H and O–H groups in total. The Kier molecular flexibility index (Phi) is 3.39. The minimum atomic E-state index is 0.676. The van der Waals surface area contributed by atoms with Crippen LogP contribution in [0, 0.1) is 13.8 Å². The van der Waals surface area contributed by atoms with Crippen LogP contribution in [0.25, 0.3) is 0 Å². The van der Waals surface area contributed by atoms with E-state index in [1.165, 1.54) is 11.8 Å². The molecule has 0 radical (unpaired) electrons. The van der Waals surface area contributed by atoms with Crippen molar-refractivity contribution in [1.29, 1.82) is 0 Å². The van der Waals surface area contributed by atoms with E-state index >= 15 is 0 Å². The first-order valence-corrected chi connectivity index (χ1v) is 6.56. The fraction of sp³-hybridized carbons (Fsp3) is 0.300. The van der Waals surface area contributed by atoms with Crippen LogP contribution >= 0.6 is 27.7 Å². The van der Waals surface area contributed by atoms with Crippen LogP contribution < -0.4 is 5.73 Å². The highest BCUT2D eigenvalue weighted by molar-refractivity contribution is 9.10. The average Bonchev–Trinajstić information content (AvgIpc) is 2.62. The molecule has 2 heterocycles. The van der Waals surface area contributed by atoms with Crippen molar-refractivity contribution in [2.75, 3.05) is 5.73 Å². The van der Waals surface area contributed by atoms with Crippen molar-refractivity contribution in [3.63, 3.8) is 0 Å². The third kappa shape index (κ3) is 2.30. The van der Waals surface area contributed by atoms with Gasteiger partial charge in [0.2, 0.25) is 0 Å². The van der Waals surface area contributed by atoms with Gasteiger partial charge in [0.1, 0.15) is 10.9 Å². The average molecular weight is 314 g/mol. The van der Waals surface area contributed by atoms with E-state index in [4.69, 9.17) is 5.73 Å². The molecule has 90 valence electrons. The minimum absolute atomic E-state index is 0.676. The number of anilines is 1. The van der Waals surface area contributed by atoms with Crippen LogP contribution in [0.3, 0.4) is 0 Å². The van der Waals surface area contributed by atoms with Crippen molar-refractivity contribution in [3.8, 4) is 0 Å². The number of aromatic nitrogens is 4. The lowest BCUT2D eigenvalue weighted by Crippen LogP contribution is -1.97. The molecule has 0 aliphatic heterocycles. The van der Waals surface area contributed by atoms with E-state index in [2.05, 4.69) is 31.1 Å². The van der Waals surface area contributed by atoms with Gasteiger partial charge in [0, 0.05) is 7.05 Å². The van der Waals surface area contributed by atoms with E-state index < -0.39 is 0 Å². The fourth-order valence-electron chi connectivity index (χ4n) is 1.20. The Morgan fingerprint density at radius 1 is 1.35 bits per heavy atom. The molecule has 0 fully saturated rings. The van der Waals surface area contributed by atoms with Gasteiger partial charge in [-0.15, -0.1) is 10.2 Å². The number of pyridine rings is 1. The standard InChI is InChI=1S/C10H12BrN5S/c1-5-7(12)4-13-9(8(5)11)17-10-15-14-6(2)16(10)3/h4H,12H2,1-3H3. The van der Waals surface area contributed by atoms with Crippen LogP contribution in [0.5, 0.6) is 0 Å². The molecule has 0 aromatic carbocycles. The molecule has 7 heteroatoms. The molecule has 2 aromatic heterocycles. The van der Waals surface area contributed by atoms with Gasteiger partial charge in [0.25, 0.3) is 0 Å². The highest BCUT2D eigenvalue weighted by Gasteiger charge is 2.13. The summed E-state index contributed by atoms with van der Waals surface area (Å²) in [6, 6.07) is 0. The number of nitrogens with two attached hydrogens (primary N) is 1. The third-order valence-corrected chi connectivity index (χ3v) is 4.79. The van der Waals surface area contributed by atoms with Gasteiger partial charge in [-0.1, -0.05) is 0 Å². The summed E-state index contributed by atoms with van der Waals surface area (Å²) < 4.78 is 2.83.